The SMILES string of the molecule is COc1ccc(C)c2c1NCC2C(N)C(=O)O. The molecule has 0 aliphatic carbocycles. The maximum Gasteiger partial charge on any atom is 0.321 e. The molecule has 0 saturated carbocycles. The molecule has 1 aromatic carbocycles. The fourth-order valence-corrected chi connectivity index (χ4v) is 2.33. The number of rotatable bonds is 3. The first kappa shape index (κ1) is 11.7. The Morgan fingerprint density at radius 2 is 2.35 bits per heavy atom. The van der Waals surface area contributed by atoms with E-state index in [1.54, 1.807) is 7.11 Å². The van der Waals surface area contributed by atoms with Gasteiger partial charge in [-0.25, -0.2) is 0 Å². The van der Waals surface area contributed by atoms with Crippen molar-refractivity contribution in [3.63, 3.8) is 0 Å². The van der Waals surface area contributed by atoms with Gasteiger partial charge in [-0.2, -0.15) is 0 Å². The molecule has 0 amide bonds. The number of anilines is 1. The fraction of sp³-hybridized carbons (Fsp3) is 0.417. The summed E-state index contributed by atoms with van der Waals surface area (Å²) < 4.78 is 5.25. The number of methoxy groups -OCH3 is 1. The highest BCUT2D eigenvalue weighted by molar-refractivity contribution is 5.78. The van der Waals surface area contributed by atoms with Gasteiger partial charge in [0, 0.05) is 12.5 Å². The van der Waals surface area contributed by atoms with Crippen LogP contribution in [0, 0.1) is 6.92 Å². The molecule has 0 fully saturated rings. The molecule has 1 aromatic rings. The largest absolute Gasteiger partial charge is 0.495 e. The lowest BCUT2D eigenvalue weighted by Crippen LogP contribution is -2.37. The van der Waals surface area contributed by atoms with Crippen molar-refractivity contribution in [2.75, 3.05) is 19.0 Å². The van der Waals surface area contributed by atoms with Gasteiger partial charge in [-0.05, 0) is 24.1 Å². The van der Waals surface area contributed by atoms with Crippen LogP contribution in [0.1, 0.15) is 17.0 Å². The van der Waals surface area contributed by atoms with Crippen molar-refractivity contribution in [3.8, 4) is 5.75 Å². The summed E-state index contributed by atoms with van der Waals surface area (Å²) in [4.78, 5) is 11.0. The minimum atomic E-state index is -0.980. The van der Waals surface area contributed by atoms with Gasteiger partial charge in [0.15, 0.2) is 0 Å². The first-order valence-electron chi connectivity index (χ1n) is 5.46. The molecule has 5 heteroatoms. The van der Waals surface area contributed by atoms with E-state index in [0.29, 0.717) is 6.54 Å². The van der Waals surface area contributed by atoms with Crippen molar-refractivity contribution in [2.45, 2.75) is 18.9 Å². The maximum atomic E-state index is 11.0. The Morgan fingerprint density at radius 1 is 1.65 bits per heavy atom. The predicted molar refractivity (Wildman–Crippen MR) is 64.6 cm³/mol. The lowest BCUT2D eigenvalue weighted by molar-refractivity contribution is -0.139. The van der Waals surface area contributed by atoms with E-state index in [4.69, 9.17) is 15.6 Å². The minimum absolute atomic E-state index is 0.211. The van der Waals surface area contributed by atoms with Crippen molar-refractivity contribution in [2.24, 2.45) is 5.73 Å². The number of hydrogen-bond acceptors (Lipinski definition) is 4. The van der Waals surface area contributed by atoms with Gasteiger partial charge >= 0.3 is 5.97 Å². The second-order valence-electron chi connectivity index (χ2n) is 4.22. The summed E-state index contributed by atoms with van der Waals surface area (Å²) in [5.41, 5.74) is 8.58. The van der Waals surface area contributed by atoms with Gasteiger partial charge in [-0.15, -0.1) is 0 Å². The molecule has 17 heavy (non-hydrogen) atoms. The molecule has 0 spiro atoms. The molecule has 2 rings (SSSR count). The number of carbonyl (C=O) groups is 1. The van der Waals surface area contributed by atoms with Crippen LogP contribution in [0.15, 0.2) is 12.1 Å². The van der Waals surface area contributed by atoms with E-state index in [1.165, 1.54) is 0 Å². The normalized spacial score (nSPS) is 19.4. The van der Waals surface area contributed by atoms with Crippen molar-refractivity contribution in [1.29, 1.82) is 0 Å². The van der Waals surface area contributed by atoms with Crippen LogP contribution in [-0.4, -0.2) is 30.8 Å². The number of aliphatic carboxylic acids is 1. The smallest absolute Gasteiger partial charge is 0.321 e. The number of aryl methyl sites for hydroxylation is 1. The third kappa shape index (κ3) is 1.82. The van der Waals surface area contributed by atoms with E-state index in [-0.39, 0.29) is 5.92 Å². The molecular weight excluding hydrogens is 220 g/mol. The summed E-state index contributed by atoms with van der Waals surface area (Å²) in [7, 11) is 1.59. The fourth-order valence-electron chi connectivity index (χ4n) is 2.33. The molecule has 5 nitrogen and oxygen atoms in total. The van der Waals surface area contributed by atoms with E-state index >= 15 is 0 Å². The van der Waals surface area contributed by atoms with Gasteiger partial charge in [-0.1, -0.05) is 6.07 Å². The summed E-state index contributed by atoms with van der Waals surface area (Å²) in [5.74, 6) is -0.463. The minimum Gasteiger partial charge on any atom is -0.495 e. The summed E-state index contributed by atoms with van der Waals surface area (Å²) in [6.07, 6.45) is 0. The molecule has 1 aliphatic rings. The first-order valence-corrected chi connectivity index (χ1v) is 5.46. The molecule has 0 saturated heterocycles. The molecule has 1 aliphatic heterocycles. The molecular formula is C12H16N2O3. The Morgan fingerprint density at radius 3 is 2.94 bits per heavy atom. The Bertz CT molecular complexity index is 459. The zero-order valence-corrected chi connectivity index (χ0v) is 9.86. The summed E-state index contributed by atoms with van der Waals surface area (Å²) >= 11 is 0. The van der Waals surface area contributed by atoms with Crippen LogP contribution < -0.4 is 15.8 Å². The molecule has 0 bridgehead atoms. The number of carboxylic acid groups (broad SMARTS) is 1. The number of carboxylic acids is 1. The van der Waals surface area contributed by atoms with Crippen LogP contribution >= 0.6 is 0 Å². The topological polar surface area (TPSA) is 84.6 Å². The van der Waals surface area contributed by atoms with Gasteiger partial charge in [0.05, 0.1) is 12.8 Å². The molecule has 1 heterocycles. The van der Waals surface area contributed by atoms with E-state index < -0.39 is 12.0 Å². The van der Waals surface area contributed by atoms with Crippen LogP contribution in [0.4, 0.5) is 5.69 Å². The van der Waals surface area contributed by atoms with Crippen molar-refractivity contribution < 1.29 is 14.6 Å². The average molecular weight is 236 g/mol. The molecule has 0 aromatic heterocycles. The molecule has 0 radical (unpaired) electrons. The predicted octanol–water partition coefficient (Wildman–Crippen LogP) is 0.925. The second-order valence-corrected chi connectivity index (χ2v) is 4.22. The third-order valence-corrected chi connectivity index (χ3v) is 3.23. The quantitative estimate of drug-likeness (QED) is 0.727. The van der Waals surface area contributed by atoms with Gasteiger partial charge in [0.1, 0.15) is 11.8 Å². The third-order valence-electron chi connectivity index (χ3n) is 3.23. The van der Waals surface area contributed by atoms with E-state index in [2.05, 4.69) is 5.32 Å². The molecule has 2 atom stereocenters. The highest BCUT2D eigenvalue weighted by Crippen LogP contribution is 2.41. The van der Waals surface area contributed by atoms with Crippen LogP contribution in [0.3, 0.4) is 0 Å². The lowest BCUT2D eigenvalue weighted by atomic mass is 9.90. The Balaban J connectivity index is 2.47. The Labute approximate surface area is 99.6 Å². The summed E-state index contributed by atoms with van der Waals surface area (Å²) in [6, 6.07) is 2.90. The van der Waals surface area contributed by atoms with Gasteiger partial charge in [-0.3, -0.25) is 4.79 Å². The molecule has 2 unspecified atom stereocenters. The highest BCUT2D eigenvalue weighted by atomic mass is 16.5. The zero-order chi connectivity index (χ0) is 12.6. The van der Waals surface area contributed by atoms with Crippen molar-refractivity contribution >= 4 is 11.7 Å². The van der Waals surface area contributed by atoms with Gasteiger partial charge < -0.3 is 20.9 Å². The van der Waals surface area contributed by atoms with E-state index in [9.17, 15) is 4.79 Å². The van der Waals surface area contributed by atoms with Crippen molar-refractivity contribution in [3.05, 3.63) is 23.3 Å². The number of hydrogen-bond donors (Lipinski definition) is 3. The first-order chi connectivity index (χ1) is 8.06. The molecule has 92 valence electrons. The number of nitrogens with two attached hydrogens (primary N) is 1. The van der Waals surface area contributed by atoms with Crippen LogP contribution in [0.2, 0.25) is 0 Å². The number of ether oxygens (including phenoxy) is 1. The van der Waals surface area contributed by atoms with E-state index in [1.807, 2.05) is 19.1 Å². The summed E-state index contributed by atoms with van der Waals surface area (Å²) in [5, 5.41) is 12.2. The maximum absolute atomic E-state index is 11.0. The standard InChI is InChI=1S/C12H16N2O3/c1-6-3-4-8(17-2)11-9(6)7(5-14-11)10(13)12(15)16/h3-4,7,10,14H,5,13H2,1-2H3,(H,15,16). The Kier molecular flexibility index (Phi) is 2.93. The number of benzene rings is 1. The van der Waals surface area contributed by atoms with Crippen molar-refractivity contribution in [1.82, 2.24) is 0 Å². The monoisotopic (exact) mass is 236 g/mol. The van der Waals surface area contributed by atoms with E-state index in [0.717, 1.165) is 22.6 Å². The Hall–Kier alpha value is -1.75. The highest BCUT2D eigenvalue weighted by Gasteiger charge is 2.34. The second kappa shape index (κ2) is 4.25. The lowest BCUT2D eigenvalue weighted by Gasteiger charge is -2.17. The van der Waals surface area contributed by atoms with Crippen LogP contribution in [-0.2, 0) is 4.79 Å². The van der Waals surface area contributed by atoms with Gasteiger partial charge in [0.2, 0.25) is 0 Å². The van der Waals surface area contributed by atoms with Gasteiger partial charge in [0.25, 0.3) is 0 Å². The number of fused-ring (bicyclic) bond motifs is 1. The zero-order valence-electron chi connectivity index (χ0n) is 9.86. The molecule has 4 N–H and O–H groups in total. The number of nitrogens with one attached hydrogen (secondary N) is 1. The van der Waals surface area contributed by atoms with Crippen LogP contribution in [0.5, 0.6) is 5.75 Å². The summed E-state index contributed by atoms with van der Waals surface area (Å²) in [6.45, 7) is 2.48. The van der Waals surface area contributed by atoms with Crippen LogP contribution in [0.25, 0.3) is 0 Å². The average Bonchev–Trinajstić information content (AvgIpc) is 2.74.